The first-order chi connectivity index (χ1) is 8.13. The normalized spacial score (nSPS) is 11.0. The summed E-state index contributed by atoms with van der Waals surface area (Å²) in [4.78, 5) is 16.3. The number of fused-ring (bicyclic) bond motifs is 1. The van der Waals surface area contributed by atoms with Crippen LogP contribution < -0.4 is 5.56 Å². The average molecular weight is 316 g/mol. The smallest absolute Gasteiger partial charge is 0.270 e. The van der Waals surface area contributed by atoms with Gasteiger partial charge in [-0.3, -0.25) is 9.36 Å². The average Bonchev–Trinajstić information content (AvgIpc) is 2.31. The van der Waals surface area contributed by atoms with Crippen LogP contribution >= 0.6 is 27.5 Å². The summed E-state index contributed by atoms with van der Waals surface area (Å²) in [5.41, 5.74) is 0.514. The van der Waals surface area contributed by atoms with Crippen molar-refractivity contribution in [1.29, 1.82) is 0 Å². The Morgan fingerprint density at radius 3 is 2.94 bits per heavy atom. The number of aryl methyl sites for hydroxylation is 1. The molecular formula is C12H12BrClN2O. The summed E-state index contributed by atoms with van der Waals surface area (Å²) in [7, 11) is 0. The maximum Gasteiger partial charge on any atom is 0.270 e. The highest BCUT2D eigenvalue weighted by molar-refractivity contribution is 9.10. The molecule has 0 amide bonds. The molecule has 0 fully saturated rings. The van der Waals surface area contributed by atoms with E-state index in [0.29, 0.717) is 12.2 Å². The van der Waals surface area contributed by atoms with Gasteiger partial charge in [0, 0.05) is 11.9 Å². The summed E-state index contributed by atoms with van der Waals surface area (Å²) in [6.07, 6.45) is 1.96. The van der Waals surface area contributed by atoms with Crippen LogP contribution in [0.5, 0.6) is 0 Å². The van der Waals surface area contributed by atoms with Crippen LogP contribution in [0.1, 0.15) is 19.8 Å². The molecule has 0 N–H and O–H groups in total. The molecule has 0 aliphatic rings. The minimum Gasteiger partial charge on any atom is -0.291 e. The van der Waals surface area contributed by atoms with Gasteiger partial charge < -0.3 is 0 Å². The van der Waals surface area contributed by atoms with Crippen LogP contribution in [0, 0.1) is 0 Å². The summed E-state index contributed by atoms with van der Waals surface area (Å²) in [6, 6.07) is 5.41. The summed E-state index contributed by atoms with van der Waals surface area (Å²) in [5.74, 6) is 0. The number of aromatic nitrogens is 2. The van der Waals surface area contributed by atoms with E-state index in [1.807, 2.05) is 12.1 Å². The molecule has 0 spiro atoms. The molecule has 90 valence electrons. The third kappa shape index (κ3) is 2.53. The van der Waals surface area contributed by atoms with Crippen LogP contribution in [0.4, 0.5) is 0 Å². The highest BCUT2D eigenvalue weighted by Gasteiger charge is 2.08. The lowest BCUT2D eigenvalue weighted by Crippen LogP contribution is -2.21. The Bertz CT molecular complexity index is 609. The van der Waals surface area contributed by atoms with E-state index in [2.05, 4.69) is 27.8 Å². The van der Waals surface area contributed by atoms with E-state index in [4.69, 9.17) is 11.6 Å². The van der Waals surface area contributed by atoms with Gasteiger partial charge in [-0.25, -0.2) is 4.98 Å². The fourth-order valence-electron chi connectivity index (χ4n) is 1.71. The van der Waals surface area contributed by atoms with Crippen LogP contribution in [0.3, 0.4) is 0 Å². The highest BCUT2D eigenvalue weighted by Crippen LogP contribution is 2.17. The molecule has 17 heavy (non-hydrogen) atoms. The Hall–Kier alpha value is -0.870. The fraction of sp³-hybridized carbons (Fsp3) is 0.333. The van der Waals surface area contributed by atoms with Crippen molar-refractivity contribution in [3.8, 4) is 0 Å². The molecule has 0 unspecified atom stereocenters. The van der Waals surface area contributed by atoms with Gasteiger partial charge in [0.2, 0.25) is 0 Å². The van der Waals surface area contributed by atoms with Crippen LogP contribution in [0.2, 0.25) is 5.02 Å². The van der Waals surface area contributed by atoms with E-state index >= 15 is 0 Å². The van der Waals surface area contributed by atoms with Crippen molar-refractivity contribution in [2.45, 2.75) is 26.3 Å². The Morgan fingerprint density at radius 1 is 1.47 bits per heavy atom. The molecule has 0 aliphatic heterocycles. The first kappa shape index (κ1) is 12.6. The molecule has 3 nitrogen and oxygen atoms in total. The van der Waals surface area contributed by atoms with Crippen molar-refractivity contribution in [3.05, 3.63) is 38.2 Å². The molecule has 5 heteroatoms. The van der Waals surface area contributed by atoms with Crippen LogP contribution in [-0.4, -0.2) is 9.55 Å². The number of hydrogen-bond donors (Lipinski definition) is 0. The molecule has 0 radical (unpaired) electrons. The van der Waals surface area contributed by atoms with Crippen molar-refractivity contribution in [3.63, 3.8) is 0 Å². The summed E-state index contributed by atoms with van der Waals surface area (Å²) < 4.78 is 2.36. The number of hydrogen-bond acceptors (Lipinski definition) is 2. The molecular weight excluding hydrogens is 304 g/mol. The predicted octanol–water partition coefficient (Wildman–Crippen LogP) is 3.61. The second-order valence-corrected chi connectivity index (χ2v) is 5.07. The number of pyridine rings is 2. The molecule has 0 bridgehead atoms. The SMILES string of the molecule is CCCCn1c(=O)c(Cl)cc2ccc(Br)nc21. The molecule has 0 aliphatic carbocycles. The molecule has 0 saturated carbocycles. The van der Waals surface area contributed by atoms with Crippen molar-refractivity contribution < 1.29 is 0 Å². The number of unbranched alkanes of at least 4 members (excludes halogenated alkanes) is 1. The molecule has 0 aromatic carbocycles. The van der Waals surface area contributed by atoms with Gasteiger partial charge >= 0.3 is 0 Å². The number of nitrogens with zero attached hydrogens (tertiary/aromatic N) is 2. The largest absolute Gasteiger partial charge is 0.291 e. The Kier molecular flexibility index (Phi) is 3.84. The first-order valence-electron chi connectivity index (χ1n) is 5.49. The summed E-state index contributed by atoms with van der Waals surface area (Å²) in [6.45, 7) is 2.73. The molecule has 2 aromatic rings. The Morgan fingerprint density at radius 2 is 2.24 bits per heavy atom. The standard InChI is InChI=1S/C12H12BrClN2O/c1-2-3-6-16-11-8(4-5-10(13)15-11)7-9(14)12(16)17/h4-5,7H,2-3,6H2,1H3. The van der Waals surface area contributed by atoms with E-state index in [-0.39, 0.29) is 10.6 Å². The fourth-order valence-corrected chi connectivity index (χ4v) is 2.23. The molecule has 0 saturated heterocycles. The third-order valence-electron chi connectivity index (χ3n) is 2.59. The second kappa shape index (κ2) is 5.19. The van der Waals surface area contributed by atoms with E-state index in [1.165, 1.54) is 0 Å². The zero-order valence-corrected chi connectivity index (χ0v) is 11.8. The van der Waals surface area contributed by atoms with Gasteiger partial charge in [0.25, 0.3) is 5.56 Å². The topological polar surface area (TPSA) is 34.9 Å². The second-order valence-electron chi connectivity index (χ2n) is 3.85. The Labute approximate surface area is 113 Å². The monoisotopic (exact) mass is 314 g/mol. The van der Waals surface area contributed by atoms with E-state index in [1.54, 1.807) is 10.6 Å². The van der Waals surface area contributed by atoms with Crippen molar-refractivity contribution >= 4 is 38.6 Å². The van der Waals surface area contributed by atoms with Crippen LogP contribution in [0.15, 0.2) is 27.6 Å². The molecule has 0 atom stereocenters. The Balaban J connectivity index is 2.71. The number of halogens is 2. The van der Waals surface area contributed by atoms with E-state index < -0.39 is 0 Å². The summed E-state index contributed by atoms with van der Waals surface area (Å²) >= 11 is 9.26. The van der Waals surface area contributed by atoms with Gasteiger partial charge in [0.15, 0.2) is 0 Å². The van der Waals surface area contributed by atoms with E-state index in [9.17, 15) is 4.79 Å². The molecule has 2 aromatic heterocycles. The third-order valence-corrected chi connectivity index (χ3v) is 3.31. The van der Waals surface area contributed by atoms with Crippen molar-refractivity contribution in [2.75, 3.05) is 0 Å². The lowest BCUT2D eigenvalue weighted by molar-refractivity contribution is 0.627. The van der Waals surface area contributed by atoms with Gasteiger partial charge in [-0.1, -0.05) is 24.9 Å². The highest BCUT2D eigenvalue weighted by atomic mass is 79.9. The lowest BCUT2D eigenvalue weighted by atomic mass is 10.2. The van der Waals surface area contributed by atoms with Gasteiger partial charge in [-0.15, -0.1) is 0 Å². The number of rotatable bonds is 3. The van der Waals surface area contributed by atoms with Gasteiger partial charge in [0.1, 0.15) is 15.3 Å². The van der Waals surface area contributed by atoms with Gasteiger partial charge in [-0.05, 0) is 40.5 Å². The predicted molar refractivity (Wildman–Crippen MR) is 73.6 cm³/mol. The zero-order valence-electron chi connectivity index (χ0n) is 9.41. The maximum absolute atomic E-state index is 12.0. The zero-order chi connectivity index (χ0) is 12.4. The molecule has 2 rings (SSSR count). The summed E-state index contributed by atoms with van der Waals surface area (Å²) in [5, 5.41) is 1.13. The minimum absolute atomic E-state index is 0.168. The van der Waals surface area contributed by atoms with Crippen LogP contribution in [0.25, 0.3) is 11.0 Å². The maximum atomic E-state index is 12.0. The van der Waals surface area contributed by atoms with Gasteiger partial charge in [-0.2, -0.15) is 0 Å². The minimum atomic E-state index is -0.168. The van der Waals surface area contributed by atoms with Crippen molar-refractivity contribution in [2.24, 2.45) is 0 Å². The van der Waals surface area contributed by atoms with Crippen molar-refractivity contribution in [1.82, 2.24) is 9.55 Å². The lowest BCUT2D eigenvalue weighted by Gasteiger charge is -2.09. The first-order valence-corrected chi connectivity index (χ1v) is 6.66. The quantitative estimate of drug-likeness (QED) is 0.811. The van der Waals surface area contributed by atoms with Crippen LogP contribution in [-0.2, 0) is 6.54 Å². The van der Waals surface area contributed by atoms with Gasteiger partial charge in [0.05, 0.1) is 0 Å². The molecule has 2 heterocycles. The van der Waals surface area contributed by atoms with E-state index in [0.717, 1.165) is 22.8 Å².